The van der Waals surface area contributed by atoms with E-state index in [-0.39, 0.29) is 16.7 Å². The number of rotatable bonds is 3. The second-order valence-corrected chi connectivity index (χ2v) is 8.37. The minimum absolute atomic E-state index is 0.0206. The van der Waals surface area contributed by atoms with E-state index in [0.29, 0.717) is 22.0 Å². The Morgan fingerprint density at radius 2 is 2.05 bits per heavy atom. The van der Waals surface area contributed by atoms with Crippen molar-refractivity contribution in [3.05, 3.63) is 22.7 Å². The summed E-state index contributed by atoms with van der Waals surface area (Å²) >= 11 is 3.28. The van der Waals surface area contributed by atoms with Crippen molar-refractivity contribution < 1.29 is 13.2 Å². The van der Waals surface area contributed by atoms with Crippen LogP contribution in [0, 0.1) is 17.8 Å². The van der Waals surface area contributed by atoms with Crippen LogP contribution in [0.5, 0.6) is 0 Å². The Morgan fingerprint density at radius 1 is 1.29 bits per heavy atom. The zero-order valence-electron chi connectivity index (χ0n) is 11.4. The van der Waals surface area contributed by atoms with Gasteiger partial charge in [0.05, 0.1) is 10.6 Å². The molecule has 0 aromatic heterocycles. The van der Waals surface area contributed by atoms with E-state index in [1.807, 2.05) is 0 Å². The van der Waals surface area contributed by atoms with Gasteiger partial charge in [0.2, 0.25) is 15.9 Å². The van der Waals surface area contributed by atoms with Gasteiger partial charge in [-0.15, -0.1) is 0 Å². The van der Waals surface area contributed by atoms with Gasteiger partial charge in [0, 0.05) is 10.4 Å². The van der Waals surface area contributed by atoms with E-state index in [4.69, 9.17) is 5.14 Å². The number of nitrogens with two attached hydrogens (primary N) is 1. The van der Waals surface area contributed by atoms with Crippen molar-refractivity contribution in [1.82, 2.24) is 0 Å². The Bertz CT molecular complexity index is 689. The maximum absolute atomic E-state index is 12.4. The van der Waals surface area contributed by atoms with Gasteiger partial charge in [0.15, 0.2) is 0 Å². The molecule has 2 aliphatic rings. The zero-order chi connectivity index (χ0) is 15.2. The summed E-state index contributed by atoms with van der Waals surface area (Å²) in [5.41, 5.74) is 0.579. The average Bonchev–Trinajstić information content (AvgIpc) is 3.02. The Labute approximate surface area is 132 Å². The molecule has 3 rings (SSSR count). The van der Waals surface area contributed by atoms with Crippen molar-refractivity contribution in [3.63, 3.8) is 0 Å². The second kappa shape index (κ2) is 5.37. The van der Waals surface area contributed by atoms with Gasteiger partial charge in [-0.05, 0) is 65.2 Å². The van der Waals surface area contributed by atoms with Gasteiger partial charge in [0.25, 0.3) is 0 Å². The van der Waals surface area contributed by atoms with Crippen LogP contribution in [0.25, 0.3) is 0 Å². The van der Waals surface area contributed by atoms with Crippen molar-refractivity contribution in [2.75, 3.05) is 5.32 Å². The van der Waals surface area contributed by atoms with E-state index in [1.54, 1.807) is 6.07 Å². The predicted molar refractivity (Wildman–Crippen MR) is 83.1 cm³/mol. The monoisotopic (exact) mass is 372 g/mol. The molecule has 3 atom stereocenters. The molecule has 1 aromatic carbocycles. The minimum atomic E-state index is -3.74. The summed E-state index contributed by atoms with van der Waals surface area (Å²) in [5.74, 6) is 1.34. The van der Waals surface area contributed by atoms with Crippen LogP contribution in [0.3, 0.4) is 0 Å². The van der Waals surface area contributed by atoms with Gasteiger partial charge in [-0.25, -0.2) is 13.6 Å². The Kier molecular flexibility index (Phi) is 3.83. The average molecular weight is 373 g/mol. The first-order valence-electron chi connectivity index (χ1n) is 6.98. The van der Waals surface area contributed by atoms with Crippen LogP contribution in [-0.4, -0.2) is 14.3 Å². The molecule has 0 aliphatic heterocycles. The number of halogens is 1. The van der Waals surface area contributed by atoms with E-state index in [0.717, 1.165) is 12.8 Å². The Balaban J connectivity index is 1.75. The predicted octanol–water partition coefficient (Wildman–Crippen LogP) is 2.47. The number of benzene rings is 1. The lowest BCUT2D eigenvalue weighted by molar-refractivity contribution is -0.121. The zero-order valence-corrected chi connectivity index (χ0v) is 13.8. The number of carbonyl (C=O) groups is 1. The lowest BCUT2D eigenvalue weighted by Gasteiger charge is -2.21. The SMILES string of the molecule is NS(=O)(=O)c1ccc(NC(=O)C2CC3CCC2C3)c(Br)c1. The van der Waals surface area contributed by atoms with Crippen molar-refractivity contribution >= 4 is 37.5 Å². The molecule has 114 valence electrons. The smallest absolute Gasteiger partial charge is 0.238 e. The lowest BCUT2D eigenvalue weighted by Crippen LogP contribution is -2.27. The van der Waals surface area contributed by atoms with Crippen molar-refractivity contribution in [2.45, 2.75) is 30.6 Å². The van der Waals surface area contributed by atoms with Crippen LogP contribution in [0.2, 0.25) is 0 Å². The standard InChI is InChI=1S/C14H17BrN2O3S/c15-12-7-10(21(16,19)20)3-4-13(12)17-14(18)11-6-8-1-2-9(11)5-8/h3-4,7-9,11H,1-2,5-6H2,(H,17,18)(H2,16,19,20). The summed E-state index contributed by atoms with van der Waals surface area (Å²) in [6, 6.07) is 4.37. The van der Waals surface area contributed by atoms with Gasteiger partial charge in [-0.3, -0.25) is 4.79 Å². The van der Waals surface area contributed by atoms with Crippen molar-refractivity contribution in [3.8, 4) is 0 Å². The molecule has 1 aromatic rings. The molecular formula is C14H17BrN2O3S. The summed E-state index contributed by atoms with van der Waals surface area (Å²) in [7, 11) is -3.74. The molecule has 2 fully saturated rings. The third kappa shape index (κ3) is 3.00. The minimum Gasteiger partial charge on any atom is -0.325 e. The van der Waals surface area contributed by atoms with E-state index in [1.165, 1.54) is 25.0 Å². The van der Waals surface area contributed by atoms with E-state index in [2.05, 4.69) is 21.2 Å². The third-order valence-electron chi connectivity index (χ3n) is 4.60. The molecule has 0 saturated heterocycles. The summed E-state index contributed by atoms with van der Waals surface area (Å²) in [6.45, 7) is 0. The highest BCUT2D eigenvalue weighted by atomic mass is 79.9. The molecule has 0 radical (unpaired) electrons. The highest BCUT2D eigenvalue weighted by Crippen LogP contribution is 2.48. The second-order valence-electron chi connectivity index (χ2n) is 5.96. The lowest BCUT2D eigenvalue weighted by atomic mass is 9.88. The van der Waals surface area contributed by atoms with Gasteiger partial charge < -0.3 is 5.32 Å². The highest BCUT2D eigenvalue weighted by molar-refractivity contribution is 9.10. The molecule has 5 nitrogen and oxygen atoms in total. The topological polar surface area (TPSA) is 89.3 Å². The quantitative estimate of drug-likeness (QED) is 0.853. The Hall–Kier alpha value is -0.920. The molecule has 3 unspecified atom stereocenters. The van der Waals surface area contributed by atoms with Gasteiger partial charge in [-0.1, -0.05) is 6.42 Å². The van der Waals surface area contributed by atoms with Gasteiger partial charge >= 0.3 is 0 Å². The summed E-state index contributed by atoms with van der Waals surface area (Å²) in [5, 5.41) is 7.98. The van der Waals surface area contributed by atoms with Gasteiger partial charge in [-0.2, -0.15) is 0 Å². The molecule has 21 heavy (non-hydrogen) atoms. The largest absolute Gasteiger partial charge is 0.325 e. The molecular weight excluding hydrogens is 356 g/mol. The number of fused-ring (bicyclic) bond motifs is 2. The highest BCUT2D eigenvalue weighted by Gasteiger charge is 2.43. The molecule has 2 bridgehead atoms. The maximum Gasteiger partial charge on any atom is 0.238 e. The van der Waals surface area contributed by atoms with Crippen LogP contribution in [0.1, 0.15) is 25.7 Å². The number of hydrogen-bond donors (Lipinski definition) is 2. The Morgan fingerprint density at radius 3 is 2.57 bits per heavy atom. The number of anilines is 1. The van der Waals surface area contributed by atoms with Crippen LogP contribution >= 0.6 is 15.9 Å². The summed E-state index contributed by atoms with van der Waals surface area (Å²) in [6.07, 6.45) is 4.54. The number of primary sulfonamides is 1. The molecule has 1 amide bonds. The number of amides is 1. The van der Waals surface area contributed by atoms with E-state index >= 15 is 0 Å². The number of hydrogen-bond acceptors (Lipinski definition) is 3. The first-order chi connectivity index (χ1) is 9.84. The fraction of sp³-hybridized carbons (Fsp3) is 0.500. The third-order valence-corrected chi connectivity index (χ3v) is 6.17. The number of carbonyl (C=O) groups excluding carboxylic acids is 1. The van der Waals surface area contributed by atoms with Crippen LogP contribution < -0.4 is 10.5 Å². The van der Waals surface area contributed by atoms with E-state index < -0.39 is 10.0 Å². The first-order valence-corrected chi connectivity index (χ1v) is 9.32. The van der Waals surface area contributed by atoms with Gasteiger partial charge in [0.1, 0.15) is 0 Å². The fourth-order valence-corrected chi connectivity index (χ4v) is 4.73. The summed E-state index contributed by atoms with van der Waals surface area (Å²) < 4.78 is 23.1. The van der Waals surface area contributed by atoms with Crippen LogP contribution in [-0.2, 0) is 14.8 Å². The number of nitrogens with one attached hydrogen (secondary N) is 1. The normalized spacial score (nSPS) is 27.8. The molecule has 0 spiro atoms. The van der Waals surface area contributed by atoms with Crippen molar-refractivity contribution in [2.24, 2.45) is 22.9 Å². The molecule has 2 aliphatic carbocycles. The molecule has 2 saturated carbocycles. The van der Waals surface area contributed by atoms with Crippen LogP contribution in [0.4, 0.5) is 5.69 Å². The van der Waals surface area contributed by atoms with E-state index in [9.17, 15) is 13.2 Å². The number of sulfonamides is 1. The molecule has 0 heterocycles. The fourth-order valence-electron chi connectivity index (χ4n) is 3.57. The molecule has 3 N–H and O–H groups in total. The molecule has 7 heteroatoms. The first kappa shape index (κ1) is 15.0. The summed E-state index contributed by atoms with van der Waals surface area (Å²) in [4.78, 5) is 12.4. The van der Waals surface area contributed by atoms with Crippen molar-refractivity contribution in [1.29, 1.82) is 0 Å². The maximum atomic E-state index is 12.4. The van der Waals surface area contributed by atoms with Crippen LogP contribution in [0.15, 0.2) is 27.6 Å².